The van der Waals surface area contributed by atoms with Crippen LogP contribution in [0.15, 0.2) is 42.6 Å². The Morgan fingerprint density at radius 3 is 2.50 bits per heavy atom. The molecule has 2 aromatic carbocycles. The number of hydrogen-bond donors (Lipinski definition) is 3. The minimum absolute atomic E-state index is 0.0940. The first-order chi connectivity index (χ1) is 18.3. The fraction of sp³-hybridized carbons (Fsp3) is 0.346. The number of hydrogen-bond acceptors (Lipinski definition) is 8. The summed E-state index contributed by atoms with van der Waals surface area (Å²) in [4.78, 5) is 20.4. The van der Waals surface area contributed by atoms with E-state index in [9.17, 15) is 18.0 Å². The number of aromatic nitrogens is 2. The Balaban J connectivity index is 1.78. The van der Waals surface area contributed by atoms with Gasteiger partial charge in [0.25, 0.3) is 5.91 Å². The first-order valence-electron chi connectivity index (χ1n) is 12.1. The number of ether oxygens (including phenoxy) is 3. The van der Waals surface area contributed by atoms with Crippen LogP contribution in [-0.4, -0.2) is 43.2 Å². The summed E-state index contributed by atoms with van der Waals surface area (Å²) >= 11 is 0. The summed E-state index contributed by atoms with van der Waals surface area (Å²) in [7, 11) is 2.96. The van der Waals surface area contributed by atoms with Gasteiger partial charge >= 0.3 is 6.18 Å². The Labute approximate surface area is 217 Å². The maximum Gasteiger partial charge on any atom is 0.421 e. The fourth-order valence-corrected chi connectivity index (χ4v) is 3.85. The molecule has 0 unspecified atom stereocenters. The Morgan fingerprint density at radius 1 is 1.03 bits per heavy atom. The van der Waals surface area contributed by atoms with E-state index in [1.54, 1.807) is 24.3 Å². The van der Waals surface area contributed by atoms with E-state index >= 15 is 0 Å². The van der Waals surface area contributed by atoms with Crippen molar-refractivity contribution in [2.24, 2.45) is 0 Å². The lowest BCUT2D eigenvalue weighted by Crippen LogP contribution is -2.20. The van der Waals surface area contributed by atoms with E-state index in [2.05, 4.69) is 25.9 Å². The largest absolute Gasteiger partial charge is 0.494 e. The van der Waals surface area contributed by atoms with Crippen LogP contribution in [0.4, 0.5) is 36.3 Å². The van der Waals surface area contributed by atoms with Gasteiger partial charge in [-0.25, -0.2) is 4.98 Å². The first-order valence-corrected chi connectivity index (χ1v) is 12.1. The number of amides is 1. The number of rotatable bonds is 2. The summed E-state index contributed by atoms with van der Waals surface area (Å²) in [5, 5.41) is 8.09. The zero-order chi connectivity index (χ0) is 27.1. The molecule has 1 aliphatic rings. The molecule has 6 bridgehead atoms. The summed E-state index contributed by atoms with van der Waals surface area (Å²) in [5.74, 6) is 0.306. The second-order valence-corrected chi connectivity index (χ2v) is 8.47. The molecule has 9 nitrogen and oxygen atoms in total. The van der Waals surface area contributed by atoms with Crippen molar-refractivity contribution in [1.29, 1.82) is 0 Å². The van der Waals surface area contributed by atoms with Crippen molar-refractivity contribution < 1.29 is 32.2 Å². The Kier molecular flexibility index (Phi) is 8.39. The second-order valence-electron chi connectivity index (χ2n) is 8.47. The molecule has 1 aliphatic heterocycles. The minimum atomic E-state index is -4.75. The molecule has 3 N–H and O–H groups in total. The number of halogens is 3. The van der Waals surface area contributed by atoms with E-state index in [0.717, 1.165) is 25.7 Å². The van der Waals surface area contributed by atoms with Crippen molar-refractivity contribution in [2.75, 3.05) is 38.0 Å². The molecule has 2 heterocycles. The van der Waals surface area contributed by atoms with Crippen molar-refractivity contribution in [3.05, 3.63) is 53.7 Å². The standard InChI is InChI=1S/C26H28F3N5O4/c1-30-24(35)18-9-8-17-14-20(18)33-23-19(26(27,28)29)15-31-25(34-23)32-16-7-10-21(36-2)22(13-16)38-12-6-4-3-5-11-37-17/h7-10,13-15H,3-6,11-12H2,1-2H3,(H,30,35)(H2,31,32,33,34). The lowest BCUT2D eigenvalue weighted by atomic mass is 10.1. The highest BCUT2D eigenvalue weighted by atomic mass is 19.4. The number of benzene rings is 2. The number of anilines is 4. The molecule has 3 aromatic rings. The van der Waals surface area contributed by atoms with Gasteiger partial charge in [0.05, 0.1) is 31.6 Å². The molecule has 4 rings (SSSR count). The molecular weight excluding hydrogens is 503 g/mol. The van der Waals surface area contributed by atoms with Crippen LogP contribution in [0.5, 0.6) is 17.2 Å². The quantitative estimate of drug-likeness (QED) is 0.388. The molecule has 38 heavy (non-hydrogen) atoms. The predicted molar refractivity (Wildman–Crippen MR) is 136 cm³/mol. The average Bonchev–Trinajstić information content (AvgIpc) is 2.89. The average molecular weight is 532 g/mol. The van der Waals surface area contributed by atoms with Crippen LogP contribution in [0.1, 0.15) is 41.6 Å². The van der Waals surface area contributed by atoms with Crippen LogP contribution in [0, 0.1) is 0 Å². The summed E-state index contributed by atoms with van der Waals surface area (Å²) in [5.41, 5.74) is -0.369. The molecule has 0 atom stereocenters. The van der Waals surface area contributed by atoms with Gasteiger partial charge in [0, 0.05) is 31.1 Å². The summed E-state index contributed by atoms with van der Waals surface area (Å²) in [6.07, 6.45) is -0.650. The second kappa shape index (κ2) is 11.9. The highest BCUT2D eigenvalue weighted by Crippen LogP contribution is 2.37. The van der Waals surface area contributed by atoms with Gasteiger partial charge in [0.15, 0.2) is 11.5 Å². The number of carbonyl (C=O) groups is 1. The van der Waals surface area contributed by atoms with Gasteiger partial charge in [0.2, 0.25) is 5.95 Å². The molecule has 202 valence electrons. The van der Waals surface area contributed by atoms with Gasteiger partial charge < -0.3 is 30.2 Å². The van der Waals surface area contributed by atoms with Gasteiger partial charge in [-0.3, -0.25) is 4.79 Å². The Morgan fingerprint density at radius 2 is 1.79 bits per heavy atom. The van der Waals surface area contributed by atoms with E-state index in [-0.39, 0.29) is 17.2 Å². The Hall–Kier alpha value is -4.22. The number of fused-ring (bicyclic) bond motifs is 6. The van der Waals surface area contributed by atoms with E-state index in [0.29, 0.717) is 42.3 Å². The van der Waals surface area contributed by atoms with Crippen molar-refractivity contribution in [1.82, 2.24) is 15.3 Å². The van der Waals surface area contributed by atoms with Crippen molar-refractivity contribution in [3.8, 4) is 17.2 Å². The number of alkyl halides is 3. The molecule has 1 amide bonds. The maximum atomic E-state index is 13.9. The van der Waals surface area contributed by atoms with E-state index in [1.165, 1.54) is 26.3 Å². The lowest BCUT2D eigenvalue weighted by molar-refractivity contribution is -0.137. The van der Waals surface area contributed by atoms with E-state index in [1.807, 2.05) is 0 Å². The van der Waals surface area contributed by atoms with Crippen LogP contribution >= 0.6 is 0 Å². The first kappa shape index (κ1) is 26.8. The van der Waals surface area contributed by atoms with Gasteiger partial charge in [-0.05, 0) is 49.9 Å². The Bertz CT molecular complexity index is 1290. The normalized spacial score (nSPS) is 14.2. The monoisotopic (exact) mass is 531 g/mol. The predicted octanol–water partition coefficient (Wildman–Crippen LogP) is 5.68. The SMILES string of the molecule is CNC(=O)c1ccc2cc1Nc1nc(ncc1C(F)(F)F)Nc1ccc(OC)c(c1)OCCCCCCO2. The van der Waals surface area contributed by atoms with Gasteiger partial charge in [-0.1, -0.05) is 0 Å². The van der Waals surface area contributed by atoms with Crippen LogP contribution < -0.4 is 30.2 Å². The zero-order valence-corrected chi connectivity index (χ0v) is 20.9. The molecule has 12 heteroatoms. The van der Waals surface area contributed by atoms with Crippen molar-refractivity contribution in [2.45, 2.75) is 31.9 Å². The molecule has 1 aromatic heterocycles. The van der Waals surface area contributed by atoms with Crippen molar-refractivity contribution >= 4 is 29.0 Å². The molecule has 0 saturated heterocycles. The van der Waals surface area contributed by atoms with Crippen LogP contribution in [-0.2, 0) is 6.18 Å². The van der Waals surface area contributed by atoms with Crippen molar-refractivity contribution in [3.63, 3.8) is 0 Å². The molecule has 0 saturated carbocycles. The van der Waals surface area contributed by atoms with Gasteiger partial charge in [-0.2, -0.15) is 18.2 Å². The van der Waals surface area contributed by atoms with Crippen LogP contribution in [0.3, 0.4) is 0 Å². The molecule has 0 radical (unpaired) electrons. The third-order valence-corrected chi connectivity index (χ3v) is 5.79. The third kappa shape index (κ3) is 6.55. The lowest BCUT2D eigenvalue weighted by Gasteiger charge is -2.17. The van der Waals surface area contributed by atoms with E-state index < -0.39 is 23.5 Å². The number of carbonyl (C=O) groups excluding carboxylic acids is 1. The van der Waals surface area contributed by atoms with E-state index in [4.69, 9.17) is 14.2 Å². The molecular formula is C26H28F3N5O4. The smallest absolute Gasteiger partial charge is 0.421 e. The highest BCUT2D eigenvalue weighted by molar-refractivity contribution is 6.00. The minimum Gasteiger partial charge on any atom is -0.494 e. The number of nitrogens with one attached hydrogen (secondary N) is 3. The van der Waals surface area contributed by atoms with Crippen LogP contribution in [0.2, 0.25) is 0 Å². The molecule has 0 aliphatic carbocycles. The summed E-state index contributed by atoms with van der Waals surface area (Å²) < 4.78 is 58.7. The fourth-order valence-electron chi connectivity index (χ4n) is 3.85. The topological polar surface area (TPSA) is 107 Å². The summed E-state index contributed by atoms with van der Waals surface area (Å²) in [6, 6.07) is 9.60. The molecule has 0 spiro atoms. The van der Waals surface area contributed by atoms with Crippen LogP contribution in [0.25, 0.3) is 0 Å². The summed E-state index contributed by atoms with van der Waals surface area (Å²) in [6.45, 7) is 0.876. The number of methoxy groups -OCH3 is 1. The van der Waals surface area contributed by atoms with Gasteiger partial charge in [-0.15, -0.1) is 0 Å². The number of nitrogens with zero attached hydrogens (tertiary/aromatic N) is 2. The zero-order valence-electron chi connectivity index (χ0n) is 20.9. The van der Waals surface area contributed by atoms with Gasteiger partial charge in [0.1, 0.15) is 17.1 Å². The molecule has 0 fully saturated rings. The third-order valence-electron chi connectivity index (χ3n) is 5.79. The highest BCUT2D eigenvalue weighted by Gasteiger charge is 2.35. The maximum absolute atomic E-state index is 13.9.